The number of amides is 1. The summed E-state index contributed by atoms with van der Waals surface area (Å²) in [5.74, 6) is 0.734. The SMILES string of the molecule is COc1ccc(CCC(=O)ONC=O)cc1OC. The summed E-state index contributed by atoms with van der Waals surface area (Å²) in [4.78, 5) is 25.5. The van der Waals surface area contributed by atoms with Crippen LogP contribution in [0.25, 0.3) is 0 Å². The van der Waals surface area contributed by atoms with Crippen LogP contribution in [0.4, 0.5) is 0 Å². The zero-order chi connectivity index (χ0) is 13.4. The fourth-order valence-corrected chi connectivity index (χ4v) is 1.42. The van der Waals surface area contributed by atoms with Gasteiger partial charge in [0.1, 0.15) is 0 Å². The number of hydrogen-bond donors (Lipinski definition) is 1. The van der Waals surface area contributed by atoms with E-state index in [2.05, 4.69) is 4.84 Å². The summed E-state index contributed by atoms with van der Waals surface area (Å²) < 4.78 is 10.3. The van der Waals surface area contributed by atoms with Crippen LogP contribution < -0.4 is 15.0 Å². The Morgan fingerprint density at radius 1 is 1.28 bits per heavy atom. The molecule has 0 saturated carbocycles. The zero-order valence-corrected chi connectivity index (χ0v) is 10.3. The fraction of sp³-hybridized carbons (Fsp3) is 0.333. The third-order valence-electron chi connectivity index (χ3n) is 2.29. The summed E-state index contributed by atoms with van der Waals surface area (Å²) in [5, 5.41) is 0. The summed E-state index contributed by atoms with van der Waals surface area (Å²) in [5.41, 5.74) is 2.76. The van der Waals surface area contributed by atoms with Crippen molar-refractivity contribution in [3.8, 4) is 11.5 Å². The number of aryl methyl sites for hydroxylation is 1. The van der Waals surface area contributed by atoms with Crippen molar-refractivity contribution in [1.29, 1.82) is 0 Å². The highest BCUT2D eigenvalue weighted by atomic mass is 16.7. The Labute approximate surface area is 105 Å². The normalized spacial score (nSPS) is 9.44. The molecule has 0 aliphatic heterocycles. The molecular formula is C12H15NO5. The predicted octanol–water partition coefficient (Wildman–Crippen LogP) is 0.841. The molecule has 0 aliphatic carbocycles. The third-order valence-corrected chi connectivity index (χ3v) is 2.29. The molecule has 0 saturated heterocycles. The van der Waals surface area contributed by atoms with Gasteiger partial charge in [-0.3, -0.25) is 4.79 Å². The van der Waals surface area contributed by atoms with Crippen LogP contribution in [0.3, 0.4) is 0 Å². The van der Waals surface area contributed by atoms with Crippen molar-refractivity contribution in [2.24, 2.45) is 0 Å². The predicted molar refractivity (Wildman–Crippen MR) is 63.2 cm³/mol. The lowest BCUT2D eigenvalue weighted by atomic mass is 10.1. The van der Waals surface area contributed by atoms with Gasteiger partial charge in [0.2, 0.25) is 6.41 Å². The second kappa shape index (κ2) is 7.16. The maximum atomic E-state index is 11.2. The Morgan fingerprint density at radius 3 is 2.61 bits per heavy atom. The van der Waals surface area contributed by atoms with E-state index in [1.54, 1.807) is 26.4 Å². The molecule has 0 aromatic heterocycles. The average molecular weight is 253 g/mol. The first kappa shape index (κ1) is 13.8. The topological polar surface area (TPSA) is 73.9 Å². The molecule has 18 heavy (non-hydrogen) atoms. The second-order valence-electron chi connectivity index (χ2n) is 3.40. The van der Waals surface area contributed by atoms with Crippen LogP contribution in [0.2, 0.25) is 0 Å². The van der Waals surface area contributed by atoms with Gasteiger partial charge in [0.25, 0.3) is 0 Å². The van der Waals surface area contributed by atoms with Gasteiger partial charge in [-0.15, -0.1) is 0 Å². The Balaban J connectivity index is 2.57. The molecule has 0 atom stereocenters. The Morgan fingerprint density at radius 2 is 2.00 bits per heavy atom. The van der Waals surface area contributed by atoms with Gasteiger partial charge >= 0.3 is 5.97 Å². The molecular weight excluding hydrogens is 238 g/mol. The van der Waals surface area contributed by atoms with Crippen molar-refractivity contribution < 1.29 is 23.9 Å². The second-order valence-corrected chi connectivity index (χ2v) is 3.40. The molecule has 0 bridgehead atoms. The highest BCUT2D eigenvalue weighted by Gasteiger charge is 2.07. The number of benzene rings is 1. The Kier molecular flexibility index (Phi) is 5.50. The minimum Gasteiger partial charge on any atom is -0.493 e. The zero-order valence-electron chi connectivity index (χ0n) is 10.3. The Hall–Kier alpha value is -2.24. The average Bonchev–Trinajstić information content (AvgIpc) is 2.42. The first-order valence-electron chi connectivity index (χ1n) is 5.31. The molecule has 0 radical (unpaired) electrons. The molecule has 0 unspecified atom stereocenters. The number of hydrogen-bond acceptors (Lipinski definition) is 5. The van der Waals surface area contributed by atoms with Crippen LogP contribution in [0.15, 0.2) is 18.2 Å². The van der Waals surface area contributed by atoms with E-state index in [4.69, 9.17) is 9.47 Å². The number of methoxy groups -OCH3 is 2. The number of nitrogens with one attached hydrogen (secondary N) is 1. The molecule has 0 fully saturated rings. The van der Waals surface area contributed by atoms with E-state index >= 15 is 0 Å². The largest absolute Gasteiger partial charge is 0.493 e. The third kappa shape index (κ3) is 3.97. The van der Waals surface area contributed by atoms with Gasteiger partial charge < -0.3 is 14.3 Å². The van der Waals surface area contributed by atoms with E-state index in [0.717, 1.165) is 5.56 Å². The summed E-state index contributed by atoms with van der Waals surface area (Å²) in [6, 6.07) is 5.39. The van der Waals surface area contributed by atoms with Gasteiger partial charge in [-0.05, 0) is 24.1 Å². The monoisotopic (exact) mass is 253 g/mol. The van der Waals surface area contributed by atoms with Crippen LogP contribution in [-0.2, 0) is 20.8 Å². The van der Waals surface area contributed by atoms with Gasteiger partial charge in [-0.1, -0.05) is 6.07 Å². The molecule has 1 N–H and O–H groups in total. The van der Waals surface area contributed by atoms with Gasteiger partial charge in [0, 0.05) is 0 Å². The summed E-state index contributed by atoms with van der Waals surface area (Å²) in [7, 11) is 3.10. The van der Waals surface area contributed by atoms with Crippen molar-refractivity contribution in [2.75, 3.05) is 14.2 Å². The Bertz CT molecular complexity index is 419. The van der Waals surface area contributed by atoms with E-state index in [0.29, 0.717) is 24.3 Å². The molecule has 6 nitrogen and oxygen atoms in total. The molecule has 6 heteroatoms. The van der Waals surface area contributed by atoms with E-state index in [1.165, 1.54) is 0 Å². The molecule has 98 valence electrons. The molecule has 0 heterocycles. The minimum atomic E-state index is -0.503. The lowest BCUT2D eigenvalue weighted by molar-refractivity contribution is -0.154. The number of carbonyl (C=O) groups excluding carboxylic acids is 2. The number of ether oxygens (including phenoxy) is 2. The minimum absolute atomic E-state index is 0.163. The standard InChI is InChI=1S/C12H15NO5/c1-16-10-5-3-9(7-11(10)17-2)4-6-12(15)18-13-8-14/h3,5,7-8H,4,6H2,1-2H3,(H,13,14). The lowest BCUT2D eigenvalue weighted by Gasteiger charge is -2.09. The van der Waals surface area contributed by atoms with Crippen molar-refractivity contribution in [1.82, 2.24) is 5.48 Å². The summed E-state index contributed by atoms with van der Waals surface area (Å²) in [6.45, 7) is 0. The van der Waals surface area contributed by atoms with E-state index < -0.39 is 5.97 Å². The van der Waals surface area contributed by atoms with Crippen molar-refractivity contribution in [3.63, 3.8) is 0 Å². The molecule has 1 aromatic carbocycles. The van der Waals surface area contributed by atoms with Crippen LogP contribution in [0.5, 0.6) is 11.5 Å². The highest BCUT2D eigenvalue weighted by Crippen LogP contribution is 2.27. The smallest absolute Gasteiger partial charge is 0.332 e. The van der Waals surface area contributed by atoms with Crippen LogP contribution in [0, 0.1) is 0 Å². The van der Waals surface area contributed by atoms with Crippen LogP contribution >= 0.6 is 0 Å². The number of carbonyl (C=O) groups is 2. The lowest BCUT2D eigenvalue weighted by Crippen LogP contribution is -2.18. The quantitative estimate of drug-likeness (QED) is 0.575. The maximum Gasteiger partial charge on any atom is 0.332 e. The highest BCUT2D eigenvalue weighted by molar-refractivity contribution is 5.70. The van der Waals surface area contributed by atoms with E-state index in [9.17, 15) is 9.59 Å². The first-order chi connectivity index (χ1) is 8.71. The van der Waals surface area contributed by atoms with Crippen LogP contribution in [-0.4, -0.2) is 26.6 Å². The van der Waals surface area contributed by atoms with Gasteiger partial charge in [0.05, 0.1) is 20.6 Å². The molecule has 1 amide bonds. The molecule has 0 aliphatic rings. The van der Waals surface area contributed by atoms with Gasteiger partial charge in [-0.2, -0.15) is 5.48 Å². The fourth-order valence-electron chi connectivity index (χ4n) is 1.42. The van der Waals surface area contributed by atoms with Crippen LogP contribution in [0.1, 0.15) is 12.0 Å². The molecule has 0 spiro atoms. The molecule has 1 rings (SSSR count). The van der Waals surface area contributed by atoms with E-state index in [-0.39, 0.29) is 6.42 Å². The van der Waals surface area contributed by atoms with Crippen molar-refractivity contribution in [2.45, 2.75) is 12.8 Å². The van der Waals surface area contributed by atoms with Gasteiger partial charge in [0.15, 0.2) is 11.5 Å². The summed E-state index contributed by atoms with van der Waals surface area (Å²) >= 11 is 0. The van der Waals surface area contributed by atoms with E-state index in [1.807, 2.05) is 11.5 Å². The first-order valence-corrected chi connectivity index (χ1v) is 5.31. The van der Waals surface area contributed by atoms with Gasteiger partial charge in [-0.25, -0.2) is 4.79 Å². The van der Waals surface area contributed by atoms with Crippen molar-refractivity contribution >= 4 is 12.4 Å². The maximum absolute atomic E-state index is 11.2. The molecule has 1 aromatic rings. The van der Waals surface area contributed by atoms with Crippen molar-refractivity contribution in [3.05, 3.63) is 23.8 Å². The number of hydroxylamine groups is 1. The number of rotatable bonds is 7. The summed E-state index contributed by atoms with van der Waals surface area (Å²) in [6.07, 6.45) is 0.949.